The Hall–Kier alpha value is -1.97. The number of carbonyl (C=O) groups is 1. The molecule has 0 aromatic carbocycles. The fourth-order valence-electron chi connectivity index (χ4n) is 2.26. The number of aromatic nitrogens is 1. The normalized spacial score (nSPS) is 21.8. The molecule has 0 bridgehead atoms. The van der Waals surface area contributed by atoms with E-state index in [2.05, 4.69) is 9.88 Å². The zero-order chi connectivity index (χ0) is 12.4. The van der Waals surface area contributed by atoms with Crippen molar-refractivity contribution in [1.82, 2.24) is 9.88 Å². The Morgan fingerprint density at radius 1 is 1.39 bits per heavy atom. The minimum atomic E-state index is 0.0980. The first-order chi connectivity index (χ1) is 8.84. The van der Waals surface area contributed by atoms with Crippen molar-refractivity contribution in [2.24, 2.45) is 5.92 Å². The average Bonchev–Trinajstić information content (AvgIpc) is 2.84. The first-order valence-electron chi connectivity index (χ1n) is 6.26. The van der Waals surface area contributed by atoms with Gasteiger partial charge in [0, 0.05) is 37.3 Å². The second-order valence-electron chi connectivity index (χ2n) is 4.68. The van der Waals surface area contributed by atoms with E-state index in [4.69, 9.17) is 4.42 Å². The lowest BCUT2D eigenvalue weighted by Crippen LogP contribution is -2.28. The number of hydrogen-bond acceptors (Lipinski definition) is 2. The summed E-state index contributed by atoms with van der Waals surface area (Å²) < 4.78 is 7.37. The maximum absolute atomic E-state index is 11.9. The van der Waals surface area contributed by atoms with Crippen LogP contribution >= 0.6 is 0 Å². The highest BCUT2D eigenvalue weighted by Crippen LogP contribution is 2.47. The number of furan rings is 1. The van der Waals surface area contributed by atoms with Gasteiger partial charge in [-0.05, 0) is 30.7 Å². The van der Waals surface area contributed by atoms with E-state index in [-0.39, 0.29) is 17.7 Å². The van der Waals surface area contributed by atoms with E-state index in [0.717, 1.165) is 18.7 Å². The predicted molar refractivity (Wildman–Crippen MR) is 67.0 cm³/mol. The fraction of sp³-hybridized carbons (Fsp3) is 0.357. The molecule has 4 nitrogen and oxygen atoms in total. The summed E-state index contributed by atoms with van der Waals surface area (Å²) in [7, 11) is 0. The summed E-state index contributed by atoms with van der Waals surface area (Å²) in [6.07, 6.45) is 6.56. The molecular formula is C14H16N2O2. The van der Waals surface area contributed by atoms with Crippen molar-refractivity contribution < 1.29 is 9.21 Å². The van der Waals surface area contributed by atoms with Gasteiger partial charge in [-0.25, -0.2) is 0 Å². The lowest BCUT2D eigenvalue weighted by atomic mass is 10.2. The molecule has 0 aliphatic heterocycles. The highest BCUT2D eigenvalue weighted by Gasteiger charge is 2.45. The van der Waals surface area contributed by atoms with Crippen LogP contribution in [0.1, 0.15) is 18.1 Å². The van der Waals surface area contributed by atoms with Crippen LogP contribution < -0.4 is 5.32 Å². The van der Waals surface area contributed by atoms with Crippen molar-refractivity contribution in [3.8, 4) is 0 Å². The predicted octanol–water partition coefficient (Wildman–Crippen LogP) is 2.00. The van der Waals surface area contributed by atoms with Gasteiger partial charge in [0.1, 0.15) is 5.76 Å². The molecule has 0 unspecified atom stereocenters. The van der Waals surface area contributed by atoms with Crippen molar-refractivity contribution in [2.75, 3.05) is 6.54 Å². The van der Waals surface area contributed by atoms with E-state index >= 15 is 0 Å². The summed E-state index contributed by atoms with van der Waals surface area (Å²) in [5.74, 6) is 1.46. The van der Waals surface area contributed by atoms with E-state index in [1.165, 1.54) is 0 Å². The van der Waals surface area contributed by atoms with Gasteiger partial charge >= 0.3 is 0 Å². The zero-order valence-electron chi connectivity index (χ0n) is 10.1. The van der Waals surface area contributed by atoms with Crippen molar-refractivity contribution in [3.63, 3.8) is 0 Å². The molecule has 1 amide bonds. The molecular weight excluding hydrogens is 228 g/mol. The number of carbonyl (C=O) groups excluding carboxylic acids is 1. The van der Waals surface area contributed by atoms with E-state index in [1.54, 1.807) is 6.26 Å². The van der Waals surface area contributed by atoms with Gasteiger partial charge in [-0.2, -0.15) is 0 Å². The molecule has 1 fully saturated rings. The molecule has 0 saturated heterocycles. The molecule has 2 aromatic heterocycles. The third-order valence-corrected chi connectivity index (χ3v) is 3.37. The van der Waals surface area contributed by atoms with Crippen LogP contribution in [-0.2, 0) is 11.3 Å². The molecule has 2 heterocycles. The molecule has 1 aliphatic rings. The topological polar surface area (TPSA) is 47.2 Å². The Kier molecular flexibility index (Phi) is 2.92. The largest absolute Gasteiger partial charge is 0.469 e. The molecule has 1 N–H and O–H groups in total. The third kappa shape index (κ3) is 2.32. The monoisotopic (exact) mass is 244 g/mol. The quantitative estimate of drug-likeness (QED) is 0.874. The van der Waals surface area contributed by atoms with E-state index < -0.39 is 0 Å². The van der Waals surface area contributed by atoms with Gasteiger partial charge in [0.15, 0.2) is 0 Å². The second-order valence-corrected chi connectivity index (χ2v) is 4.68. The smallest absolute Gasteiger partial charge is 0.223 e. The van der Waals surface area contributed by atoms with Crippen LogP contribution in [0.4, 0.5) is 0 Å². The van der Waals surface area contributed by atoms with Gasteiger partial charge < -0.3 is 14.3 Å². The van der Waals surface area contributed by atoms with Crippen LogP contribution in [-0.4, -0.2) is 17.0 Å². The molecule has 2 atom stereocenters. The molecule has 2 aromatic rings. The summed E-state index contributed by atoms with van der Waals surface area (Å²) in [6.45, 7) is 1.49. The van der Waals surface area contributed by atoms with Gasteiger partial charge in [0.05, 0.1) is 6.26 Å². The average molecular weight is 244 g/mol. The summed E-state index contributed by atoms with van der Waals surface area (Å²) in [5.41, 5.74) is 0. The molecule has 18 heavy (non-hydrogen) atoms. The van der Waals surface area contributed by atoms with Gasteiger partial charge in [-0.3, -0.25) is 4.79 Å². The van der Waals surface area contributed by atoms with Crippen molar-refractivity contribution in [1.29, 1.82) is 0 Å². The minimum absolute atomic E-state index is 0.0980. The Balaban J connectivity index is 1.43. The third-order valence-electron chi connectivity index (χ3n) is 3.37. The number of nitrogens with one attached hydrogen (secondary N) is 1. The lowest BCUT2D eigenvalue weighted by Gasteiger charge is -2.05. The lowest BCUT2D eigenvalue weighted by molar-refractivity contribution is -0.122. The van der Waals surface area contributed by atoms with Gasteiger partial charge in [0.25, 0.3) is 0 Å². The molecule has 3 rings (SSSR count). The van der Waals surface area contributed by atoms with Crippen molar-refractivity contribution >= 4 is 5.91 Å². The van der Waals surface area contributed by atoms with Crippen LogP contribution in [0, 0.1) is 5.92 Å². The molecule has 1 saturated carbocycles. The number of hydrogen-bond donors (Lipinski definition) is 1. The van der Waals surface area contributed by atoms with E-state index in [0.29, 0.717) is 6.54 Å². The maximum Gasteiger partial charge on any atom is 0.223 e. The Bertz CT molecular complexity index is 502. The van der Waals surface area contributed by atoms with Crippen LogP contribution in [0.15, 0.2) is 47.3 Å². The maximum atomic E-state index is 11.9. The summed E-state index contributed by atoms with van der Waals surface area (Å²) in [4.78, 5) is 11.9. The molecule has 0 spiro atoms. The molecule has 1 aliphatic carbocycles. The minimum Gasteiger partial charge on any atom is -0.469 e. The first kappa shape index (κ1) is 11.1. The van der Waals surface area contributed by atoms with Crippen LogP contribution in [0.5, 0.6) is 0 Å². The van der Waals surface area contributed by atoms with Gasteiger partial charge in [0.2, 0.25) is 5.91 Å². The molecule has 0 radical (unpaired) electrons. The van der Waals surface area contributed by atoms with Crippen LogP contribution in [0.25, 0.3) is 0 Å². The molecule has 4 heteroatoms. The standard InChI is InChI=1S/C14H16N2O2/c17-14(15-5-8-16-6-1-2-7-16)12-10-11(12)13-4-3-9-18-13/h1-4,6-7,9,11-12H,5,8,10H2,(H,15,17)/t11-,12+/m0/s1. The summed E-state index contributed by atoms with van der Waals surface area (Å²) >= 11 is 0. The van der Waals surface area contributed by atoms with Crippen molar-refractivity contribution in [3.05, 3.63) is 48.7 Å². The zero-order valence-corrected chi connectivity index (χ0v) is 10.1. The van der Waals surface area contributed by atoms with E-state index in [9.17, 15) is 4.79 Å². The highest BCUT2D eigenvalue weighted by atomic mass is 16.3. The van der Waals surface area contributed by atoms with E-state index in [1.807, 2.05) is 36.7 Å². The van der Waals surface area contributed by atoms with Gasteiger partial charge in [-0.1, -0.05) is 0 Å². The van der Waals surface area contributed by atoms with Crippen molar-refractivity contribution in [2.45, 2.75) is 18.9 Å². The summed E-state index contributed by atoms with van der Waals surface area (Å²) in [5, 5.41) is 2.97. The second kappa shape index (κ2) is 4.72. The number of nitrogens with zero attached hydrogens (tertiary/aromatic N) is 1. The molecule has 94 valence electrons. The number of rotatable bonds is 5. The Morgan fingerprint density at radius 2 is 2.22 bits per heavy atom. The van der Waals surface area contributed by atoms with Crippen LogP contribution in [0.2, 0.25) is 0 Å². The summed E-state index contributed by atoms with van der Waals surface area (Å²) in [6, 6.07) is 7.78. The number of amides is 1. The SMILES string of the molecule is O=C(NCCn1cccc1)[C@@H]1C[C@@H]1c1ccco1. The Labute approximate surface area is 106 Å². The van der Waals surface area contributed by atoms with Crippen LogP contribution in [0.3, 0.4) is 0 Å². The highest BCUT2D eigenvalue weighted by molar-refractivity contribution is 5.82. The first-order valence-corrected chi connectivity index (χ1v) is 6.26. The fourth-order valence-corrected chi connectivity index (χ4v) is 2.26. The Morgan fingerprint density at radius 3 is 2.94 bits per heavy atom. The van der Waals surface area contributed by atoms with Gasteiger partial charge in [-0.15, -0.1) is 0 Å².